The van der Waals surface area contributed by atoms with E-state index in [-0.39, 0.29) is 11.3 Å². The first-order chi connectivity index (χ1) is 16.5. The molecule has 4 rings (SSSR count). The molecule has 0 bridgehead atoms. The number of aryl methyl sites for hydroxylation is 1. The van der Waals surface area contributed by atoms with Crippen molar-refractivity contribution in [2.75, 3.05) is 5.32 Å². The molecular formula is C23H26ClN9O2. The Hall–Kier alpha value is -3.86. The summed E-state index contributed by atoms with van der Waals surface area (Å²) in [5, 5.41) is 14.5. The highest BCUT2D eigenvalue weighted by Gasteiger charge is 2.25. The minimum atomic E-state index is -0.470. The summed E-state index contributed by atoms with van der Waals surface area (Å²) >= 11 is 6.71. The lowest BCUT2D eigenvalue weighted by atomic mass is 9.96. The van der Waals surface area contributed by atoms with Crippen LogP contribution in [0.1, 0.15) is 61.4 Å². The molecule has 1 aromatic carbocycles. The summed E-state index contributed by atoms with van der Waals surface area (Å²) in [6.45, 7) is 9.53. The maximum atomic E-state index is 12.7. The van der Waals surface area contributed by atoms with Gasteiger partial charge in [-0.05, 0) is 25.0 Å². The van der Waals surface area contributed by atoms with Gasteiger partial charge in [-0.2, -0.15) is 15.1 Å². The number of nitrogens with zero attached hydrogens (tertiary/aromatic N) is 7. The number of carbonyl (C=O) groups is 1. The van der Waals surface area contributed by atoms with E-state index in [0.29, 0.717) is 22.6 Å². The lowest BCUT2D eigenvalue weighted by molar-refractivity contribution is 0.0895. The van der Waals surface area contributed by atoms with Gasteiger partial charge in [0, 0.05) is 29.2 Å². The molecule has 3 heterocycles. The van der Waals surface area contributed by atoms with Crippen LogP contribution in [0.4, 0.5) is 11.6 Å². The van der Waals surface area contributed by atoms with Crippen LogP contribution in [0.5, 0.6) is 0 Å². The average Bonchev–Trinajstić information content (AvgIpc) is 3.45. The fraction of sp³-hybridized carbons (Fsp3) is 0.348. The van der Waals surface area contributed by atoms with Crippen LogP contribution < -0.4 is 10.6 Å². The van der Waals surface area contributed by atoms with Gasteiger partial charge >= 0.3 is 11.8 Å². The molecule has 1 amide bonds. The number of hydrogen-bond acceptors (Lipinski definition) is 9. The molecule has 0 fully saturated rings. The van der Waals surface area contributed by atoms with Gasteiger partial charge in [-0.25, -0.2) is 9.97 Å². The van der Waals surface area contributed by atoms with Crippen LogP contribution in [-0.2, 0) is 12.5 Å². The van der Waals surface area contributed by atoms with Crippen molar-refractivity contribution in [2.24, 2.45) is 7.05 Å². The van der Waals surface area contributed by atoms with Crippen LogP contribution >= 0.6 is 11.6 Å². The SMILES string of the molecule is Cc1c(-c2ncnc(Nc3cnn(C)c3)n2)ccc([C@@H](C)NC(=O)c2nc(C(C)(C)C)no2)c1Cl. The Morgan fingerprint density at radius 3 is 2.63 bits per heavy atom. The molecule has 0 aliphatic rings. The van der Waals surface area contributed by atoms with E-state index in [1.165, 1.54) is 6.33 Å². The van der Waals surface area contributed by atoms with E-state index in [1.807, 2.05) is 60.0 Å². The molecule has 0 aliphatic carbocycles. The van der Waals surface area contributed by atoms with E-state index in [0.717, 1.165) is 22.4 Å². The maximum Gasteiger partial charge on any atom is 0.315 e. The van der Waals surface area contributed by atoms with E-state index < -0.39 is 11.9 Å². The predicted molar refractivity (Wildman–Crippen MR) is 130 cm³/mol. The summed E-state index contributed by atoms with van der Waals surface area (Å²) in [7, 11) is 1.82. The monoisotopic (exact) mass is 495 g/mol. The van der Waals surface area contributed by atoms with Gasteiger partial charge in [-0.1, -0.05) is 49.7 Å². The molecule has 0 saturated carbocycles. The zero-order valence-corrected chi connectivity index (χ0v) is 21.0. The van der Waals surface area contributed by atoms with Crippen molar-refractivity contribution in [1.82, 2.24) is 40.2 Å². The Morgan fingerprint density at radius 2 is 1.97 bits per heavy atom. The molecule has 12 heteroatoms. The topological polar surface area (TPSA) is 137 Å². The van der Waals surface area contributed by atoms with E-state index in [2.05, 4.69) is 40.8 Å². The van der Waals surface area contributed by atoms with Gasteiger partial charge in [0.2, 0.25) is 5.95 Å². The molecule has 4 aromatic rings. The van der Waals surface area contributed by atoms with Crippen LogP contribution in [0.15, 0.2) is 35.4 Å². The van der Waals surface area contributed by atoms with E-state index >= 15 is 0 Å². The molecule has 2 N–H and O–H groups in total. The Labute approximate surface area is 207 Å². The highest BCUT2D eigenvalue weighted by Crippen LogP contribution is 2.33. The molecule has 35 heavy (non-hydrogen) atoms. The third-order valence-corrected chi connectivity index (χ3v) is 5.80. The van der Waals surface area contributed by atoms with E-state index in [1.54, 1.807) is 10.9 Å². The second-order valence-electron chi connectivity index (χ2n) is 9.17. The van der Waals surface area contributed by atoms with Gasteiger partial charge in [0.05, 0.1) is 17.9 Å². The van der Waals surface area contributed by atoms with Crippen molar-refractivity contribution in [2.45, 2.75) is 46.1 Å². The van der Waals surface area contributed by atoms with Crippen molar-refractivity contribution in [3.8, 4) is 11.4 Å². The molecule has 3 aromatic heterocycles. The zero-order valence-electron chi connectivity index (χ0n) is 20.3. The van der Waals surface area contributed by atoms with Crippen molar-refractivity contribution in [3.63, 3.8) is 0 Å². The summed E-state index contributed by atoms with van der Waals surface area (Å²) in [5.74, 6) is 0.752. The minimum Gasteiger partial charge on any atom is -0.341 e. The number of nitrogens with one attached hydrogen (secondary N) is 2. The van der Waals surface area contributed by atoms with Crippen LogP contribution in [0.25, 0.3) is 11.4 Å². The number of benzene rings is 1. The number of halogens is 1. The molecular weight excluding hydrogens is 470 g/mol. The molecule has 1 atom stereocenters. The summed E-state index contributed by atoms with van der Waals surface area (Å²) in [6, 6.07) is 3.29. The number of anilines is 2. The third-order valence-electron chi connectivity index (χ3n) is 5.30. The van der Waals surface area contributed by atoms with Gasteiger partial charge in [0.1, 0.15) is 6.33 Å². The molecule has 0 aliphatic heterocycles. The first-order valence-corrected chi connectivity index (χ1v) is 11.3. The van der Waals surface area contributed by atoms with Gasteiger partial charge in [-0.15, -0.1) is 0 Å². The summed E-state index contributed by atoms with van der Waals surface area (Å²) in [4.78, 5) is 29.8. The fourth-order valence-electron chi connectivity index (χ4n) is 3.34. The minimum absolute atomic E-state index is 0.0925. The second kappa shape index (κ2) is 9.41. The summed E-state index contributed by atoms with van der Waals surface area (Å²) in [5.41, 5.74) is 2.69. The van der Waals surface area contributed by atoms with Crippen molar-refractivity contribution in [3.05, 3.63) is 58.7 Å². The standard InChI is InChI=1S/C23H26ClN9O2/c1-12-15(18-25-11-26-22(30-18)29-14-9-27-33(6)10-14)7-8-16(17(12)24)13(2)28-19(34)20-31-21(32-35-20)23(3,4)5/h7-11,13H,1-6H3,(H,28,34)(H,25,26,29,30)/t13-/m1/s1. The molecule has 0 spiro atoms. The summed E-state index contributed by atoms with van der Waals surface area (Å²) in [6.07, 6.45) is 4.92. The van der Waals surface area contributed by atoms with Crippen LogP contribution in [0.2, 0.25) is 5.02 Å². The van der Waals surface area contributed by atoms with Crippen molar-refractivity contribution < 1.29 is 9.32 Å². The molecule has 0 saturated heterocycles. The molecule has 0 unspecified atom stereocenters. The van der Waals surface area contributed by atoms with Crippen LogP contribution in [-0.4, -0.2) is 40.8 Å². The number of rotatable bonds is 6. The van der Waals surface area contributed by atoms with Crippen LogP contribution in [0, 0.1) is 6.92 Å². The Balaban J connectivity index is 1.53. The Morgan fingerprint density at radius 1 is 1.20 bits per heavy atom. The second-order valence-corrected chi connectivity index (χ2v) is 9.55. The largest absolute Gasteiger partial charge is 0.341 e. The molecule has 11 nitrogen and oxygen atoms in total. The van der Waals surface area contributed by atoms with Gasteiger partial charge in [-0.3, -0.25) is 9.48 Å². The normalized spacial score (nSPS) is 12.4. The smallest absolute Gasteiger partial charge is 0.315 e. The van der Waals surface area contributed by atoms with Gasteiger partial charge < -0.3 is 15.2 Å². The van der Waals surface area contributed by atoms with Crippen molar-refractivity contribution in [1.29, 1.82) is 0 Å². The first kappa shape index (κ1) is 24.3. The molecule has 182 valence electrons. The lowest BCUT2D eigenvalue weighted by Gasteiger charge is -2.17. The van der Waals surface area contributed by atoms with E-state index in [4.69, 9.17) is 16.1 Å². The van der Waals surface area contributed by atoms with E-state index in [9.17, 15) is 4.79 Å². The lowest BCUT2D eigenvalue weighted by Crippen LogP contribution is -2.27. The number of aromatic nitrogens is 7. The first-order valence-electron chi connectivity index (χ1n) is 10.9. The average molecular weight is 496 g/mol. The van der Waals surface area contributed by atoms with Gasteiger partial charge in [0.15, 0.2) is 11.6 Å². The predicted octanol–water partition coefficient (Wildman–Crippen LogP) is 4.15. The van der Waals surface area contributed by atoms with Gasteiger partial charge in [0.25, 0.3) is 0 Å². The molecule has 0 radical (unpaired) electrons. The fourth-order valence-corrected chi connectivity index (χ4v) is 3.67. The number of carbonyl (C=O) groups excluding carboxylic acids is 1. The maximum absolute atomic E-state index is 12.7. The van der Waals surface area contributed by atoms with Crippen LogP contribution in [0.3, 0.4) is 0 Å². The Bertz CT molecular complexity index is 1370. The highest BCUT2D eigenvalue weighted by molar-refractivity contribution is 6.32. The highest BCUT2D eigenvalue weighted by atomic mass is 35.5. The van der Waals surface area contributed by atoms with Crippen molar-refractivity contribution >= 4 is 29.1 Å². The number of hydrogen-bond donors (Lipinski definition) is 2. The Kier molecular flexibility index (Phi) is 6.53. The zero-order chi connectivity index (χ0) is 25.3. The summed E-state index contributed by atoms with van der Waals surface area (Å²) < 4.78 is 6.81. The third kappa shape index (κ3) is 5.29. The quantitative estimate of drug-likeness (QED) is 0.404. The number of amides is 1.